The Hall–Kier alpha value is -1.31. The zero-order valence-electron chi connectivity index (χ0n) is 9.02. The number of aliphatic imine (C=N–C) groups is 1. The fourth-order valence-corrected chi connectivity index (χ4v) is 2.12. The van der Waals surface area contributed by atoms with Crippen LogP contribution in [0.5, 0.6) is 0 Å². The highest BCUT2D eigenvalue weighted by atomic mass is 15.1. The Morgan fingerprint density at radius 1 is 1.14 bits per heavy atom. The third kappa shape index (κ3) is 1.52. The maximum absolute atomic E-state index is 4.46. The molecule has 0 saturated carbocycles. The van der Waals surface area contributed by atoms with Gasteiger partial charge in [-0.2, -0.15) is 0 Å². The van der Waals surface area contributed by atoms with Gasteiger partial charge in [0.2, 0.25) is 0 Å². The molecular weight excluding hydrogens is 172 g/mol. The molecule has 0 aliphatic carbocycles. The van der Waals surface area contributed by atoms with Gasteiger partial charge < -0.3 is 5.32 Å². The van der Waals surface area contributed by atoms with Crippen LogP contribution in [0.2, 0.25) is 0 Å². The van der Waals surface area contributed by atoms with Gasteiger partial charge >= 0.3 is 0 Å². The number of rotatable bonds is 1. The van der Waals surface area contributed by atoms with Gasteiger partial charge in [0.05, 0.1) is 6.54 Å². The maximum atomic E-state index is 4.46. The van der Waals surface area contributed by atoms with E-state index in [-0.39, 0.29) is 0 Å². The van der Waals surface area contributed by atoms with Gasteiger partial charge in [-0.05, 0) is 31.9 Å². The second kappa shape index (κ2) is 3.45. The van der Waals surface area contributed by atoms with Crippen molar-refractivity contribution in [2.45, 2.75) is 20.8 Å². The van der Waals surface area contributed by atoms with Crippen LogP contribution in [0.1, 0.15) is 22.3 Å². The minimum absolute atomic E-state index is 0.905. The topological polar surface area (TPSA) is 24.4 Å². The average molecular weight is 188 g/mol. The fraction of sp³-hybridized carbons (Fsp3) is 0.417. The van der Waals surface area contributed by atoms with E-state index in [1.807, 2.05) is 0 Å². The third-order valence-electron chi connectivity index (χ3n) is 2.59. The molecule has 1 N–H and O–H groups in total. The van der Waals surface area contributed by atoms with E-state index in [1.54, 1.807) is 0 Å². The number of hydrogen-bond donors (Lipinski definition) is 1. The number of hydrogen-bond acceptors (Lipinski definition) is 2. The quantitative estimate of drug-likeness (QED) is 0.716. The molecule has 0 spiro atoms. The molecule has 2 heteroatoms. The summed E-state index contributed by atoms with van der Waals surface area (Å²) < 4.78 is 0. The molecule has 1 aromatic carbocycles. The lowest BCUT2D eigenvalue weighted by Crippen LogP contribution is -2.21. The van der Waals surface area contributed by atoms with Crippen molar-refractivity contribution in [1.82, 2.24) is 5.32 Å². The zero-order chi connectivity index (χ0) is 10.1. The van der Waals surface area contributed by atoms with Crippen LogP contribution < -0.4 is 5.32 Å². The van der Waals surface area contributed by atoms with Crippen molar-refractivity contribution in [1.29, 1.82) is 0 Å². The molecule has 0 radical (unpaired) electrons. The fourth-order valence-electron chi connectivity index (χ4n) is 2.12. The van der Waals surface area contributed by atoms with Crippen molar-refractivity contribution in [3.63, 3.8) is 0 Å². The molecule has 1 aliphatic rings. The molecular formula is C12H16N2. The lowest BCUT2D eigenvalue weighted by Gasteiger charge is -2.11. The molecule has 0 aromatic heterocycles. The van der Waals surface area contributed by atoms with E-state index in [1.165, 1.54) is 22.3 Å². The van der Waals surface area contributed by atoms with Crippen molar-refractivity contribution < 1.29 is 0 Å². The highest BCUT2D eigenvalue weighted by molar-refractivity contribution is 6.02. The summed E-state index contributed by atoms with van der Waals surface area (Å²) in [5.41, 5.74) is 5.24. The van der Waals surface area contributed by atoms with Gasteiger partial charge in [-0.25, -0.2) is 0 Å². The van der Waals surface area contributed by atoms with Crippen LogP contribution >= 0.6 is 0 Å². The molecule has 0 atom stereocenters. The first-order chi connectivity index (χ1) is 6.68. The molecule has 0 fully saturated rings. The predicted octanol–water partition coefficient (Wildman–Crippen LogP) is 1.96. The van der Waals surface area contributed by atoms with Gasteiger partial charge in [-0.3, -0.25) is 4.99 Å². The highest BCUT2D eigenvalue weighted by Gasteiger charge is 2.13. The van der Waals surface area contributed by atoms with Crippen LogP contribution in [0, 0.1) is 20.8 Å². The van der Waals surface area contributed by atoms with Crippen molar-refractivity contribution in [3.8, 4) is 0 Å². The Balaban J connectivity index is 2.52. The molecule has 0 saturated heterocycles. The Morgan fingerprint density at radius 2 is 1.79 bits per heavy atom. The minimum Gasteiger partial charge on any atom is -0.368 e. The monoisotopic (exact) mass is 188 g/mol. The number of nitrogens with zero attached hydrogens (tertiary/aromatic N) is 1. The Morgan fingerprint density at radius 3 is 2.29 bits per heavy atom. The van der Waals surface area contributed by atoms with Gasteiger partial charge in [0, 0.05) is 12.1 Å². The standard InChI is InChI=1S/C12H16N2/c1-8-6-9(2)11(10(3)7-8)12-13-4-5-14-12/h6-7H,4-5H2,1-3H3,(H,13,14). The smallest absolute Gasteiger partial charge is 0.128 e. The molecule has 2 rings (SSSR count). The molecule has 14 heavy (non-hydrogen) atoms. The Bertz CT molecular complexity index is 368. The SMILES string of the molecule is Cc1cc(C)c(C2=NCCN2)c(C)c1. The molecule has 0 unspecified atom stereocenters. The molecule has 0 amide bonds. The van der Waals surface area contributed by atoms with E-state index in [9.17, 15) is 0 Å². The summed E-state index contributed by atoms with van der Waals surface area (Å²) in [4.78, 5) is 4.46. The minimum atomic E-state index is 0.905. The molecule has 1 heterocycles. The zero-order valence-corrected chi connectivity index (χ0v) is 9.02. The van der Waals surface area contributed by atoms with E-state index < -0.39 is 0 Å². The second-order valence-electron chi connectivity index (χ2n) is 3.93. The van der Waals surface area contributed by atoms with Crippen LogP contribution in [0.3, 0.4) is 0 Å². The summed E-state index contributed by atoms with van der Waals surface area (Å²) in [5.74, 6) is 1.07. The lowest BCUT2D eigenvalue weighted by atomic mass is 9.99. The third-order valence-corrected chi connectivity index (χ3v) is 2.59. The summed E-state index contributed by atoms with van der Waals surface area (Å²) in [6.45, 7) is 8.31. The van der Waals surface area contributed by atoms with Crippen LogP contribution in [0.4, 0.5) is 0 Å². The van der Waals surface area contributed by atoms with E-state index in [4.69, 9.17) is 0 Å². The van der Waals surface area contributed by atoms with Crippen LogP contribution in [0.15, 0.2) is 17.1 Å². The largest absolute Gasteiger partial charge is 0.368 e. The van der Waals surface area contributed by atoms with Gasteiger partial charge in [0.1, 0.15) is 5.84 Å². The normalized spacial score (nSPS) is 15.2. The van der Waals surface area contributed by atoms with Crippen molar-refractivity contribution in [2.24, 2.45) is 4.99 Å². The van der Waals surface area contributed by atoms with Crippen molar-refractivity contribution >= 4 is 5.84 Å². The van der Waals surface area contributed by atoms with E-state index >= 15 is 0 Å². The molecule has 1 aromatic rings. The molecule has 1 aliphatic heterocycles. The first-order valence-corrected chi connectivity index (χ1v) is 5.05. The number of nitrogens with one attached hydrogen (secondary N) is 1. The summed E-state index contributed by atoms with van der Waals surface area (Å²) in [6.07, 6.45) is 0. The van der Waals surface area contributed by atoms with Crippen LogP contribution in [-0.2, 0) is 0 Å². The number of benzene rings is 1. The maximum Gasteiger partial charge on any atom is 0.128 e. The highest BCUT2D eigenvalue weighted by Crippen LogP contribution is 2.17. The first kappa shape index (κ1) is 9.25. The Kier molecular flexibility index (Phi) is 2.28. The molecule has 0 bridgehead atoms. The van der Waals surface area contributed by atoms with Crippen LogP contribution in [-0.4, -0.2) is 18.9 Å². The van der Waals surface area contributed by atoms with E-state index in [0.29, 0.717) is 0 Å². The lowest BCUT2D eigenvalue weighted by molar-refractivity contribution is 0.959. The molecule has 2 nitrogen and oxygen atoms in total. The summed E-state index contributed by atoms with van der Waals surface area (Å²) in [6, 6.07) is 4.43. The van der Waals surface area contributed by atoms with Crippen LogP contribution in [0.25, 0.3) is 0 Å². The molecule has 74 valence electrons. The van der Waals surface area contributed by atoms with Gasteiger partial charge in [-0.1, -0.05) is 17.7 Å². The van der Waals surface area contributed by atoms with Gasteiger partial charge in [-0.15, -0.1) is 0 Å². The average Bonchev–Trinajstić information content (AvgIpc) is 2.54. The number of amidine groups is 1. The van der Waals surface area contributed by atoms with E-state index in [2.05, 4.69) is 43.2 Å². The Labute approximate surface area is 85.1 Å². The second-order valence-corrected chi connectivity index (χ2v) is 3.93. The van der Waals surface area contributed by atoms with E-state index in [0.717, 1.165) is 18.9 Å². The predicted molar refractivity (Wildman–Crippen MR) is 60.1 cm³/mol. The first-order valence-electron chi connectivity index (χ1n) is 5.05. The van der Waals surface area contributed by atoms with Crippen molar-refractivity contribution in [2.75, 3.05) is 13.1 Å². The van der Waals surface area contributed by atoms with Gasteiger partial charge in [0.15, 0.2) is 0 Å². The number of aryl methyl sites for hydroxylation is 3. The van der Waals surface area contributed by atoms with Crippen molar-refractivity contribution in [3.05, 3.63) is 34.4 Å². The summed E-state index contributed by atoms with van der Waals surface area (Å²) in [7, 11) is 0. The van der Waals surface area contributed by atoms with Gasteiger partial charge in [0.25, 0.3) is 0 Å². The summed E-state index contributed by atoms with van der Waals surface area (Å²) >= 11 is 0. The summed E-state index contributed by atoms with van der Waals surface area (Å²) in [5, 5.41) is 3.32.